The van der Waals surface area contributed by atoms with E-state index in [1.807, 2.05) is 5.41 Å². The summed E-state index contributed by atoms with van der Waals surface area (Å²) in [6.07, 6.45) is 1.76. The third-order valence-electron chi connectivity index (χ3n) is 2.13. The van der Waals surface area contributed by atoms with Gasteiger partial charge in [0.2, 0.25) is 5.91 Å². The molecule has 4 heteroatoms. The lowest BCUT2D eigenvalue weighted by atomic mass is 10.2. The van der Waals surface area contributed by atoms with E-state index in [-0.39, 0.29) is 11.7 Å². The van der Waals surface area contributed by atoms with Gasteiger partial charge in [-0.15, -0.1) is 11.8 Å². The molecule has 78 valence electrons. The highest BCUT2D eigenvalue weighted by molar-refractivity contribution is 8.02. The van der Waals surface area contributed by atoms with Crippen LogP contribution in [0.15, 0.2) is 35.9 Å². The van der Waals surface area contributed by atoms with Crippen LogP contribution in [0.2, 0.25) is 0 Å². The number of thioether (sulfide) groups is 1. The van der Waals surface area contributed by atoms with Crippen LogP contribution >= 0.6 is 11.8 Å². The van der Waals surface area contributed by atoms with E-state index in [9.17, 15) is 9.18 Å². The van der Waals surface area contributed by atoms with Crippen molar-refractivity contribution in [3.05, 3.63) is 47.3 Å². The summed E-state index contributed by atoms with van der Waals surface area (Å²) in [5.74, 6) is 0.319. The molecule has 2 rings (SSSR count). The highest BCUT2D eigenvalue weighted by Gasteiger charge is 2.14. The Balaban J connectivity index is 2.07. The number of nitrogens with zero attached hydrogens (tertiary/aromatic N) is 1. The van der Waals surface area contributed by atoms with Gasteiger partial charge in [0, 0.05) is 6.20 Å². The van der Waals surface area contributed by atoms with Crippen molar-refractivity contribution in [2.75, 3.05) is 5.75 Å². The Morgan fingerprint density at radius 2 is 2.07 bits per heavy atom. The Bertz CT molecular complexity index is 388. The van der Waals surface area contributed by atoms with Crippen LogP contribution in [-0.4, -0.2) is 16.6 Å². The van der Waals surface area contributed by atoms with Gasteiger partial charge < -0.3 is 4.90 Å². The first-order valence-corrected chi connectivity index (χ1v) is 5.63. The number of halogens is 1. The molecule has 0 aromatic heterocycles. The van der Waals surface area contributed by atoms with E-state index in [1.54, 1.807) is 23.2 Å². The van der Waals surface area contributed by atoms with Crippen molar-refractivity contribution < 1.29 is 9.18 Å². The molecular weight excluding hydrogens is 213 g/mol. The zero-order valence-corrected chi connectivity index (χ0v) is 8.84. The molecule has 2 nitrogen and oxygen atoms in total. The molecule has 0 aliphatic carbocycles. The molecule has 1 aliphatic rings. The van der Waals surface area contributed by atoms with Crippen LogP contribution in [0, 0.1) is 5.82 Å². The molecule has 0 saturated carbocycles. The average Bonchev–Trinajstić information content (AvgIpc) is 2.25. The van der Waals surface area contributed by atoms with Gasteiger partial charge in [-0.3, -0.25) is 4.79 Å². The topological polar surface area (TPSA) is 20.3 Å². The van der Waals surface area contributed by atoms with Gasteiger partial charge in [0.15, 0.2) is 0 Å². The van der Waals surface area contributed by atoms with Gasteiger partial charge in [0.25, 0.3) is 0 Å². The number of benzene rings is 1. The number of hydrogen-bond donors (Lipinski definition) is 0. The van der Waals surface area contributed by atoms with E-state index in [0.717, 1.165) is 5.56 Å². The summed E-state index contributed by atoms with van der Waals surface area (Å²) < 4.78 is 12.6. The van der Waals surface area contributed by atoms with E-state index < -0.39 is 0 Å². The number of carbonyl (C=O) groups is 1. The minimum Gasteiger partial charge on any atom is -0.313 e. The maximum Gasteiger partial charge on any atom is 0.237 e. The molecule has 0 bridgehead atoms. The monoisotopic (exact) mass is 223 g/mol. The largest absolute Gasteiger partial charge is 0.313 e. The van der Waals surface area contributed by atoms with Crippen LogP contribution in [0.1, 0.15) is 5.56 Å². The molecule has 1 aromatic rings. The number of hydrogen-bond acceptors (Lipinski definition) is 2. The van der Waals surface area contributed by atoms with Crippen molar-refractivity contribution in [3.8, 4) is 0 Å². The summed E-state index contributed by atoms with van der Waals surface area (Å²) in [7, 11) is 0. The van der Waals surface area contributed by atoms with Gasteiger partial charge in [0.05, 0.1) is 12.3 Å². The molecule has 0 unspecified atom stereocenters. The molecule has 0 fully saturated rings. The van der Waals surface area contributed by atoms with Crippen molar-refractivity contribution in [3.63, 3.8) is 0 Å². The van der Waals surface area contributed by atoms with Gasteiger partial charge in [-0.05, 0) is 23.1 Å². The van der Waals surface area contributed by atoms with Gasteiger partial charge in [-0.1, -0.05) is 12.1 Å². The fourth-order valence-corrected chi connectivity index (χ4v) is 1.97. The van der Waals surface area contributed by atoms with Crippen molar-refractivity contribution >= 4 is 17.7 Å². The van der Waals surface area contributed by atoms with E-state index in [0.29, 0.717) is 12.3 Å². The van der Waals surface area contributed by atoms with Crippen molar-refractivity contribution in [2.45, 2.75) is 6.54 Å². The van der Waals surface area contributed by atoms with Gasteiger partial charge in [-0.25, -0.2) is 4.39 Å². The Labute approximate surface area is 91.8 Å². The Kier molecular flexibility index (Phi) is 3.06. The van der Waals surface area contributed by atoms with Crippen molar-refractivity contribution in [2.24, 2.45) is 0 Å². The molecule has 15 heavy (non-hydrogen) atoms. The molecule has 1 aliphatic heterocycles. The molecule has 0 N–H and O–H groups in total. The van der Waals surface area contributed by atoms with Crippen molar-refractivity contribution in [1.82, 2.24) is 4.90 Å². The first-order valence-electron chi connectivity index (χ1n) is 4.58. The molecule has 0 radical (unpaired) electrons. The predicted molar refractivity (Wildman–Crippen MR) is 58.5 cm³/mol. The lowest BCUT2D eigenvalue weighted by Crippen LogP contribution is -2.28. The van der Waals surface area contributed by atoms with Crippen LogP contribution < -0.4 is 0 Å². The fourth-order valence-electron chi connectivity index (χ4n) is 1.33. The zero-order valence-electron chi connectivity index (χ0n) is 8.02. The summed E-state index contributed by atoms with van der Waals surface area (Å²) in [5.41, 5.74) is 0.932. The highest BCUT2D eigenvalue weighted by Crippen LogP contribution is 2.15. The SMILES string of the molecule is O=C1CSC=CN1Cc1ccc(F)cc1. The molecule has 0 saturated heterocycles. The average molecular weight is 223 g/mol. The van der Waals surface area contributed by atoms with E-state index in [1.165, 1.54) is 23.9 Å². The number of amides is 1. The maximum atomic E-state index is 12.6. The molecule has 1 amide bonds. The van der Waals surface area contributed by atoms with E-state index in [2.05, 4.69) is 0 Å². The summed E-state index contributed by atoms with van der Waals surface area (Å²) in [4.78, 5) is 13.1. The van der Waals surface area contributed by atoms with E-state index in [4.69, 9.17) is 0 Å². The van der Waals surface area contributed by atoms with E-state index >= 15 is 0 Å². The number of rotatable bonds is 2. The summed E-state index contributed by atoms with van der Waals surface area (Å²) in [6, 6.07) is 6.20. The van der Waals surface area contributed by atoms with Crippen LogP contribution in [0.3, 0.4) is 0 Å². The fraction of sp³-hybridized carbons (Fsp3) is 0.182. The van der Waals surface area contributed by atoms with Crippen LogP contribution in [0.5, 0.6) is 0 Å². The lowest BCUT2D eigenvalue weighted by Gasteiger charge is -2.20. The van der Waals surface area contributed by atoms with Gasteiger partial charge in [0.1, 0.15) is 5.82 Å². The van der Waals surface area contributed by atoms with Crippen LogP contribution in [0.25, 0.3) is 0 Å². The second kappa shape index (κ2) is 4.49. The van der Waals surface area contributed by atoms with Crippen molar-refractivity contribution in [1.29, 1.82) is 0 Å². The Morgan fingerprint density at radius 1 is 1.33 bits per heavy atom. The number of carbonyl (C=O) groups excluding carboxylic acids is 1. The normalized spacial score (nSPS) is 15.8. The summed E-state index contributed by atoms with van der Waals surface area (Å²) in [6.45, 7) is 0.510. The third-order valence-corrected chi connectivity index (χ3v) is 2.86. The second-order valence-corrected chi connectivity index (χ2v) is 4.14. The minimum atomic E-state index is -0.255. The minimum absolute atomic E-state index is 0.0897. The summed E-state index contributed by atoms with van der Waals surface area (Å²) in [5, 5.41) is 1.89. The van der Waals surface area contributed by atoms with Gasteiger partial charge >= 0.3 is 0 Å². The zero-order chi connectivity index (χ0) is 10.7. The van der Waals surface area contributed by atoms with Crippen LogP contribution in [0.4, 0.5) is 4.39 Å². The first kappa shape index (κ1) is 10.2. The Hall–Kier alpha value is -1.29. The standard InChI is InChI=1S/C11H10FNOS/c12-10-3-1-9(2-4-10)7-13-5-6-15-8-11(13)14/h1-6H,7-8H2. The molecule has 0 atom stereocenters. The van der Waals surface area contributed by atoms with Crippen LogP contribution in [-0.2, 0) is 11.3 Å². The Morgan fingerprint density at radius 3 is 2.73 bits per heavy atom. The molecule has 1 heterocycles. The third kappa shape index (κ3) is 2.59. The van der Waals surface area contributed by atoms with Gasteiger partial charge in [-0.2, -0.15) is 0 Å². The predicted octanol–water partition coefficient (Wildman–Crippen LogP) is 2.37. The smallest absolute Gasteiger partial charge is 0.237 e. The molecule has 1 aromatic carbocycles. The highest BCUT2D eigenvalue weighted by atomic mass is 32.2. The first-order chi connectivity index (χ1) is 7.25. The quantitative estimate of drug-likeness (QED) is 0.767. The molecular formula is C11H10FNOS. The lowest BCUT2D eigenvalue weighted by molar-refractivity contribution is -0.126. The summed E-state index contributed by atoms with van der Waals surface area (Å²) >= 11 is 1.49. The molecule has 0 spiro atoms. The maximum absolute atomic E-state index is 12.6. The second-order valence-electron chi connectivity index (χ2n) is 3.24.